The standard InChI is InChI=1S/C29H37NO3S2/c1-4-33-20-6-8-24-25(16-20)35-26(30-24)34-17-29(32)14-11-23-21-7-5-18-15-19(31)9-12-27(18,2)22(21)10-13-28(23,29)3/h5-8,16,19,22-23,31-32H,4,9-15,17H2,1-3H3/t19-,22-,23-,27-,28-,29+/m0/s1. The van der Waals surface area contributed by atoms with Crippen molar-refractivity contribution in [2.75, 3.05) is 12.4 Å². The zero-order chi connectivity index (χ0) is 24.4. The van der Waals surface area contributed by atoms with E-state index in [9.17, 15) is 10.2 Å². The number of thiazole rings is 1. The predicted molar refractivity (Wildman–Crippen MR) is 144 cm³/mol. The van der Waals surface area contributed by atoms with Gasteiger partial charge in [0.05, 0.1) is 28.5 Å². The lowest BCUT2D eigenvalue weighted by molar-refractivity contribution is -0.0678. The minimum atomic E-state index is -0.684. The van der Waals surface area contributed by atoms with Gasteiger partial charge in [-0.2, -0.15) is 0 Å². The summed E-state index contributed by atoms with van der Waals surface area (Å²) >= 11 is 3.42. The summed E-state index contributed by atoms with van der Waals surface area (Å²) in [5.74, 6) is 2.59. The van der Waals surface area contributed by atoms with Gasteiger partial charge in [-0.15, -0.1) is 11.3 Å². The minimum absolute atomic E-state index is 0.100. The highest BCUT2D eigenvalue weighted by molar-refractivity contribution is 8.01. The maximum atomic E-state index is 12.1. The van der Waals surface area contributed by atoms with E-state index in [0.717, 1.165) is 65.3 Å². The SMILES string of the molecule is CCOc1ccc2nc(SC[C@]3(O)CC[C@H]4C5=CC=C6C[C@@H](O)CC[C@]6(C)[C@H]5CC[C@@]43C)sc2c1. The summed E-state index contributed by atoms with van der Waals surface area (Å²) in [4.78, 5) is 4.83. The van der Waals surface area contributed by atoms with Crippen LogP contribution in [0.3, 0.4) is 0 Å². The number of thioether (sulfide) groups is 1. The van der Waals surface area contributed by atoms with Gasteiger partial charge in [-0.25, -0.2) is 4.98 Å². The lowest BCUT2D eigenvalue weighted by atomic mass is 9.50. The third-order valence-corrected chi connectivity index (χ3v) is 12.3. The Kier molecular flexibility index (Phi) is 5.91. The first kappa shape index (κ1) is 24.0. The fraction of sp³-hybridized carbons (Fsp3) is 0.621. The van der Waals surface area contributed by atoms with Crippen LogP contribution < -0.4 is 4.74 Å². The van der Waals surface area contributed by atoms with E-state index in [4.69, 9.17) is 9.72 Å². The van der Waals surface area contributed by atoms with Gasteiger partial charge in [0.25, 0.3) is 0 Å². The van der Waals surface area contributed by atoms with E-state index < -0.39 is 5.60 Å². The molecule has 0 spiro atoms. The Morgan fingerprint density at radius 1 is 1.11 bits per heavy atom. The number of nitrogens with zero attached hydrogens (tertiary/aromatic N) is 1. The van der Waals surface area contributed by atoms with E-state index in [1.165, 1.54) is 5.57 Å². The second-order valence-electron chi connectivity index (χ2n) is 11.6. The van der Waals surface area contributed by atoms with Crippen molar-refractivity contribution >= 4 is 33.3 Å². The molecule has 0 bridgehead atoms. The number of hydrogen-bond acceptors (Lipinski definition) is 6. The Balaban J connectivity index is 1.22. The molecule has 35 heavy (non-hydrogen) atoms. The van der Waals surface area contributed by atoms with Crippen molar-refractivity contribution in [3.05, 3.63) is 41.5 Å². The van der Waals surface area contributed by atoms with Crippen LogP contribution in [0.4, 0.5) is 0 Å². The van der Waals surface area contributed by atoms with Crippen molar-refractivity contribution in [3.8, 4) is 5.75 Å². The predicted octanol–water partition coefficient (Wildman–Crippen LogP) is 6.76. The van der Waals surface area contributed by atoms with Crippen molar-refractivity contribution in [1.82, 2.24) is 4.98 Å². The second kappa shape index (κ2) is 8.61. The monoisotopic (exact) mass is 511 g/mol. The average Bonchev–Trinajstić information content (AvgIpc) is 3.36. The molecule has 6 heteroatoms. The van der Waals surface area contributed by atoms with E-state index in [1.54, 1.807) is 28.7 Å². The second-order valence-corrected chi connectivity index (χ2v) is 13.9. The fourth-order valence-corrected chi connectivity index (χ4v) is 10.1. The largest absolute Gasteiger partial charge is 0.494 e. The summed E-state index contributed by atoms with van der Waals surface area (Å²) in [5.41, 5.74) is 3.42. The summed E-state index contributed by atoms with van der Waals surface area (Å²) in [5, 5.41) is 22.3. The molecule has 0 unspecified atom stereocenters. The quantitative estimate of drug-likeness (QED) is 0.434. The van der Waals surface area contributed by atoms with Gasteiger partial charge in [-0.05, 0) is 87.3 Å². The number of aliphatic hydroxyl groups is 2. The van der Waals surface area contributed by atoms with Crippen LogP contribution in [-0.2, 0) is 0 Å². The molecule has 1 aromatic carbocycles. The van der Waals surface area contributed by atoms with Crippen molar-refractivity contribution < 1.29 is 14.9 Å². The van der Waals surface area contributed by atoms with E-state index in [-0.39, 0.29) is 16.9 Å². The first-order valence-electron chi connectivity index (χ1n) is 13.2. The van der Waals surface area contributed by atoms with Crippen LogP contribution in [0.2, 0.25) is 0 Å². The van der Waals surface area contributed by atoms with Crippen molar-refractivity contribution in [2.45, 2.75) is 81.8 Å². The molecule has 1 aromatic heterocycles. The maximum absolute atomic E-state index is 12.1. The molecule has 1 heterocycles. The molecule has 6 atom stereocenters. The van der Waals surface area contributed by atoms with Crippen molar-refractivity contribution in [2.24, 2.45) is 22.7 Å². The normalized spacial score (nSPS) is 38.4. The molecule has 4 aliphatic carbocycles. The molecule has 2 aromatic rings. The molecule has 4 nitrogen and oxygen atoms in total. The Morgan fingerprint density at radius 3 is 2.77 bits per heavy atom. The molecule has 188 valence electrons. The highest BCUT2D eigenvalue weighted by Gasteiger charge is 2.61. The molecule has 3 fully saturated rings. The van der Waals surface area contributed by atoms with Gasteiger partial charge in [0.2, 0.25) is 0 Å². The van der Waals surface area contributed by atoms with E-state index in [2.05, 4.69) is 32.1 Å². The Labute approximate surface area is 216 Å². The van der Waals surface area contributed by atoms with Crippen LogP contribution in [0, 0.1) is 22.7 Å². The van der Waals surface area contributed by atoms with Crippen LogP contribution in [0.1, 0.15) is 65.7 Å². The molecule has 4 aliphatic rings. The first-order valence-corrected chi connectivity index (χ1v) is 15.0. The van der Waals surface area contributed by atoms with E-state index in [1.807, 2.05) is 19.1 Å². The number of hydrogen-bond donors (Lipinski definition) is 2. The summed E-state index contributed by atoms with van der Waals surface area (Å²) in [7, 11) is 0. The van der Waals surface area contributed by atoms with Gasteiger partial charge in [0.15, 0.2) is 4.34 Å². The third kappa shape index (κ3) is 3.74. The topological polar surface area (TPSA) is 62.6 Å². The van der Waals surface area contributed by atoms with Gasteiger partial charge in [-0.1, -0.05) is 48.9 Å². The zero-order valence-corrected chi connectivity index (χ0v) is 22.7. The van der Waals surface area contributed by atoms with Gasteiger partial charge in [0.1, 0.15) is 5.75 Å². The van der Waals surface area contributed by atoms with Crippen LogP contribution in [0.25, 0.3) is 10.2 Å². The molecule has 0 aliphatic heterocycles. The number of allylic oxidation sites excluding steroid dienone is 3. The molecule has 0 amide bonds. The molecule has 0 saturated heterocycles. The van der Waals surface area contributed by atoms with E-state index in [0.29, 0.717) is 24.2 Å². The van der Waals surface area contributed by atoms with Crippen LogP contribution in [0.15, 0.2) is 45.8 Å². The summed E-state index contributed by atoms with van der Waals surface area (Å²) in [6.45, 7) is 7.45. The maximum Gasteiger partial charge on any atom is 0.151 e. The molecular weight excluding hydrogens is 474 g/mol. The van der Waals surface area contributed by atoms with Crippen LogP contribution in [0.5, 0.6) is 5.75 Å². The van der Waals surface area contributed by atoms with Crippen LogP contribution in [-0.4, -0.2) is 39.3 Å². The van der Waals surface area contributed by atoms with Crippen LogP contribution >= 0.6 is 23.1 Å². The van der Waals surface area contributed by atoms with E-state index >= 15 is 0 Å². The fourth-order valence-electron chi connectivity index (χ4n) is 7.71. The molecule has 6 rings (SSSR count). The minimum Gasteiger partial charge on any atom is -0.494 e. The Morgan fingerprint density at radius 2 is 1.94 bits per heavy atom. The van der Waals surface area contributed by atoms with Gasteiger partial charge in [0, 0.05) is 11.2 Å². The number of aliphatic hydroxyl groups excluding tert-OH is 1. The summed E-state index contributed by atoms with van der Waals surface area (Å²) in [6.07, 6.45) is 11.5. The number of fused-ring (bicyclic) bond motifs is 6. The number of aromatic nitrogens is 1. The zero-order valence-electron chi connectivity index (χ0n) is 21.0. The van der Waals surface area contributed by atoms with Crippen molar-refractivity contribution in [3.63, 3.8) is 0 Å². The summed E-state index contributed by atoms with van der Waals surface area (Å²) < 4.78 is 7.82. The smallest absolute Gasteiger partial charge is 0.151 e. The highest BCUT2D eigenvalue weighted by Crippen LogP contribution is 2.66. The highest BCUT2D eigenvalue weighted by atomic mass is 32.2. The number of benzene rings is 1. The average molecular weight is 512 g/mol. The number of rotatable bonds is 5. The molecule has 0 radical (unpaired) electrons. The summed E-state index contributed by atoms with van der Waals surface area (Å²) in [6, 6.07) is 6.09. The lowest BCUT2D eigenvalue weighted by Crippen LogP contribution is -2.52. The molecular formula is C29H37NO3S2. The van der Waals surface area contributed by atoms with Gasteiger partial charge in [-0.3, -0.25) is 0 Å². The Bertz CT molecular complexity index is 1200. The Hall–Kier alpha value is -1.34. The van der Waals surface area contributed by atoms with Crippen molar-refractivity contribution in [1.29, 1.82) is 0 Å². The third-order valence-electron chi connectivity index (χ3n) is 9.95. The first-order chi connectivity index (χ1) is 16.8. The molecule has 2 N–H and O–H groups in total. The number of ether oxygens (including phenoxy) is 1. The molecule has 3 saturated carbocycles. The lowest BCUT2D eigenvalue weighted by Gasteiger charge is -2.56. The van der Waals surface area contributed by atoms with Gasteiger partial charge >= 0.3 is 0 Å². The van der Waals surface area contributed by atoms with Gasteiger partial charge < -0.3 is 14.9 Å².